The van der Waals surface area contributed by atoms with Crippen LogP contribution in [-0.4, -0.2) is 29.4 Å². The van der Waals surface area contributed by atoms with Crippen molar-refractivity contribution in [2.75, 3.05) is 16.8 Å². The molecule has 0 bridgehead atoms. The van der Waals surface area contributed by atoms with Gasteiger partial charge in [-0.05, 0) is 12.1 Å². The first kappa shape index (κ1) is 14.7. The highest BCUT2D eigenvalue weighted by Gasteiger charge is 2.34. The Hall–Kier alpha value is -1.70. The highest BCUT2D eigenvalue weighted by atomic mass is 32.2. The Bertz CT molecular complexity index is 534. The highest BCUT2D eigenvalue weighted by molar-refractivity contribution is 8.00. The number of benzene rings is 1. The topological polar surface area (TPSA) is 58.2 Å². The van der Waals surface area contributed by atoms with Gasteiger partial charge in [0.1, 0.15) is 6.04 Å². The van der Waals surface area contributed by atoms with Crippen LogP contribution < -0.4 is 10.6 Å². The number of hydrogen-bond acceptors (Lipinski definition) is 3. The van der Waals surface area contributed by atoms with E-state index in [1.165, 1.54) is 30.0 Å². The lowest BCUT2D eigenvalue weighted by Crippen LogP contribution is -2.49. The number of amides is 2. The van der Waals surface area contributed by atoms with Gasteiger partial charge in [-0.1, -0.05) is 12.1 Å². The second-order valence-electron chi connectivity index (χ2n) is 4.17. The minimum absolute atomic E-state index is 0.253. The van der Waals surface area contributed by atoms with Gasteiger partial charge in [-0.25, -0.2) is 0 Å². The van der Waals surface area contributed by atoms with Gasteiger partial charge in [0.15, 0.2) is 0 Å². The van der Waals surface area contributed by atoms with Crippen LogP contribution in [0.2, 0.25) is 0 Å². The summed E-state index contributed by atoms with van der Waals surface area (Å²) in [6, 6.07) is 3.90. The Morgan fingerprint density at radius 2 is 2.05 bits per heavy atom. The third kappa shape index (κ3) is 3.44. The van der Waals surface area contributed by atoms with E-state index in [1.54, 1.807) is 0 Å². The second kappa shape index (κ2) is 5.74. The Kier molecular flexibility index (Phi) is 4.22. The van der Waals surface area contributed by atoms with E-state index in [2.05, 4.69) is 10.6 Å². The molecule has 0 saturated carbocycles. The van der Waals surface area contributed by atoms with Gasteiger partial charge in [0.25, 0.3) is 0 Å². The number of thioether (sulfide) groups is 1. The minimum Gasteiger partial charge on any atom is -0.343 e. The molecule has 2 rings (SSSR count). The lowest BCUT2D eigenvalue weighted by Gasteiger charge is -2.23. The summed E-state index contributed by atoms with van der Waals surface area (Å²) in [5.41, 5.74) is -1.22. The molecule has 1 heterocycles. The molecular formula is C12H11F3N2O2S. The van der Waals surface area contributed by atoms with Crippen molar-refractivity contribution in [3.8, 4) is 0 Å². The fraction of sp³-hybridized carbons (Fsp3) is 0.333. The summed E-state index contributed by atoms with van der Waals surface area (Å²) in [6.07, 6.45) is -4.55. The van der Waals surface area contributed by atoms with E-state index in [9.17, 15) is 22.8 Å². The number of hydrogen-bond donors (Lipinski definition) is 2. The van der Waals surface area contributed by atoms with E-state index < -0.39 is 23.7 Å². The van der Waals surface area contributed by atoms with Crippen LogP contribution in [0.15, 0.2) is 24.3 Å². The predicted molar refractivity (Wildman–Crippen MR) is 69.3 cm³/mol. The number of nitrogens with one attached hydrogen (secondary N) is 2. The summed E-state index contributed by atoms with van der Waals surface area (Å²) in [5, 5.41) is 4.66. The molecule has 1 fully saturated rings. The summed E-state index contributed by atoms with van der Waals surface area (Å²) in [4.78, 5) is 23.1. The predicted octanol–water partition coefficient (Wildman–Crippen LogP) is 1.88. The van der Waals surface area contributed by atoms with E-state index in [0.717, 1.165) is 6.07 Å². The average Bonchev–Trinajstić information content (AvgIpc) is 2.38. The van der Waals surface area contributed by atoms with Crippen LogP contribution in [0.3, 0.4) is 0 Å². The zero-order valence-electron chi connectivity index (χ0n) is 10.2. The molecule has 0 radical (unpaired) electrons. The van der Waals surface area contributed by atoms with E-state index in [0.29, 0.717) is 5.75 Å². The Morgan fingerprint density at radius 1 is 1.35 bits per heavy atom. The fourth-order valence-corrected chi connectivity index (χ4v) is 2.60. The molecule has 2 N–H and O–H groups in total. The fourth-order valence-electron chi connectivity index (χ4n) is 1.75. The number of rotatable bonds is 2. The van der Waals surface area contributed by atoms with Crippen molar-refractivity contribution in [1.82, 2.24) is 5.32 Å². The third-order valence-corrected chi connectivity index (χ3v) is 3.70. The summed E-state index contributed by atoms with van der Waals surface area (Å²) >= 11 is 1.26. The normalized spacial score (nSPS) is 19.4. The molecular weight excluding hydrogens is 293 g/mol. The van der Waals surface area contributed by atoms with Gasteiger partial charge in [-0.15, -0.1) is 11.8 Å². The van der Waals surface area contributed by atoms with Crippen LogP contribution in [-0.2, 0) is 15.8 Å². The van der Waals surface area contributed by atoms with Crippen LogP contribution in [0, 0.1) is 0 Å². The minimum atomic E-state index is -4.55. The molecule has 1 aromatic carbocycles. The van der Waals surface area contributed by atoms with Crippen LogP contribution >= 0.6 is 11.8 Å². The molecule has 1 saturated heterocycles. The smallest absolute Gasteiger partial charge is 0.343 e. The van der Waals surface area contributed by atoms with E-state index in [4.69, 9.17) is 0 Å². The summed E-state index contributed by atoms with van der Waals surface area (Å²) < 4.78 is 38.3. The molecule has 0 spiro atoms. The highest BCUT2D eigenvalue weighted by Crippen LogP contribution is 2.34. The number of halogens is 3. The van der Waals surface area contributed by atoms with Crippen molar-refractivity contribution >= 4 is 29.3 Å². The molecule has 4 nitrogen and oxygen atoms in total. The Morgan fingerprint density at radius 3 is 2.70 bits per heavy atom. The maximum atomic E-state index is 12.8. The number of alkyl halides is 3. The molecule has 108 valence electrons. The van der Waals surface area contributed by atoms with Crippen molar-refractivity contribution in [2.45, 2.75) is 12.2 Å². The van der Waals surface area contributed by atoms with Gasteiger partial charge in [0, 0.05) is 5.75 Å². The zero-order chi connectivity index (χ0) is 14.8. The van der Waals surface area contributed by atoms with Crippen LogP contribution in [0.25, 0.3) is 0 Å². The van der Waals surface area contributed by atoms with Crippen LogP contribution in [0.5, 0.6) is 0 Å². The first-order chi connectivity index (χ1) is 9.38. The van der Waals surface area contributed by atoms with E-state index in [1.807, 2.05) is 0 Å². The number of carbonyl (C=O) groups is 2. The van der Waals surface area contributed by atoms with Gasteiger partial charge in [0.05, 0.1) is 17.0 Å². The largest absolute Gasteiger partial charge is 0.418 e. The standard InChI is InChI=1S/C12H11F3N2O2S/c13-12(14,15)7-3-1-2-4-8(7)17-11(19)9-5-20-6-10(18)16-9/h1-4,9H,5-6H2,(H,16,18)(H,17,19). The monoisotopic (exact) mass is 304 g/mol. The van der Waals surface area contributed by atoms with E-state index in [-0.39, 0.29) is 17.3 Å². The lowest BCUT2D eigenvalue weighted by molar-refractivity contribution is -0.137. The van der Waals surface area contributed by atoms with Gasteiger partial charge in [-0.2, -0.15) is 13.2 Å². The SMILES string of the molecule is O=C1CSCC(C(=O)Nc2ccccc2C(F)(F)F)N1. The van der Waals surface area contributed by atoms with Gasteiger partial charge in [-0.3, -0.25) is 9.59 Å². The summed E-state index contributed by atoms with van der Waals surface area (Å²) in [7, 11) is 0. The second-order valence-corrected chi connectivity index (χ2v) is 5.20. The quantitative estimate of drug-likeness (QED) is 0.877. The zero-order valence-corrected chi connectivity index (χ0v) is 11.0. The van der Waals surface area contributed by atoms with Gasteiger partial charge >= 0.3 is 6.18 Å². The molecule has 1 aliphatic heterocycles. The Balaban J connectivity index is 2.14. The van der Waals surface area contributed by atoms with Crippen molar-refractivity contribution in [2.24, 2.45) is 0 Å². The van der Waals surface area contributed by atoms with E-state index >= 15 is 0 Å². The van der Waals surface area contributed by atoms with Crippen LogP contribution in [0.1, 0.15) is 5.56 Å². The van der Waals surface area contributed by atoms with Crippen molar-refractivity contribution in [1.29, 1.82) is 0 Å². The molecule has 1 aliphatic rings. The molecule has 0 aliphatic carbocycles. The van der Waals surface area contributed by atoms with Crippen molar-refractivity contribution in [3.05, 3.63) is 29.8 Å². The van der Waals surface area contributed by atoms with Crippen molar-refractivity contribution < 1.29 is 22.8 Å². The number of carbonyl (C=O) groups excluding carboxylic acids is 2. The third-order valence-electron chi connectivity index (χ3n) is 2.66. The molecule has 0 aromatic heterocycles. The first-order valence-electron chi connectivity index (χ1n) is 5.72. The molecule has 8 heteroatoms. The van der Waals surface area contributed by atoms with Crippen molar-refractivity contribution in [3.63, 3.8) is 0 Å². The lowest BCUT2D eigenvalue weighted by atomic mass is 10.1. The Labute approximate surface area is 117 Å². The van der Waals surface area contributed by atoms with Gasteiger partial charge in [0.2, 0.25) is 11.8 Å². The van der Waals surface area contributed by atoms with Gasteiger partial charge < -0.3 is 10.6 Å². The average molecular weight is 304 g/mol. The maximum Gasteiger partial charge on any atom is 0.418 e. The first-order valence-corrected chi connectivity index (χ1v) is 6.87. The number of anilines is 1. The summed E-state index contributed by atoms with van der Waals surface area (Å²) in [5.74, 6) is -0.359. The molecule has 20 heavy (non-hydrogen) atoms. The van der Waals surface area contributed by atoms with Crippen LogP contribution in [0.4, 0.5) is 18.9 Å². The number of para-hydroxylation sites is 1. The molecule has 1 unspecified atom stereocenters. The molecule has 2 amide bonds. The molecule has 1 atom stereocenters. The summed E-state index contributed by atoms with van der Waals surface area (Å²) in [6.45, 7) is 0. The maximum absolute atomic E-state index is 12.8. The molecule has 1 aromatic rings.